The maximum absolute atomic E-state index is 13.9. The standard InChI is InChI=1S/C21H30FNO3/c1-4-15(14-24)11-19(25)18-12-17(20(26-3)13-23-18)6-5-16-7-9-21(2,22)10-8-16/h5-6,12-13,15-16,24H,4,7-11,14H2,1-3H3/b6-5+. The van der Waals surface area contributed by atoms with Gasteiger partial charge in [0.15, 0.2) is 5.78 Å². The minimum Gasteiger partial charge on any atom is -0.495 e. The largest absolute Gasteiger partial charge is 0.495 e. The molecule has 1 aliphatic rings. The summed E-state index contributed by atoms with van der Waals surface area (Å²) < 4.78 is 19.3. The molecular formula is C21H30FNO3. The number of ether oxygens (including phenoxy) is 1. The lowest BCUT2D eigenvalue weighted by molar-refractivity contribution is 0.0928. The molecule has 1 unspecified atom stereocenters. The van der Waals surface area contributed by atoms with Gasteiger partial charge in [-0.15, -0.1) is 0 Å². The molecule has 0 amide bonds. The topological polar surface area (TPSA) is 59.4 Å². The number of alkyl halides is 1. The van der Waals surface area contributed by atoms with Crippen molar-refractivity contribution in [2.45, 2.75) is 58.0 Å². The van der Waals surface area contributed by atoms with Crippen LogP contribution in [0.25, 0.3) is 6.08 Å². The molecule has 0 aromatic carbocycles. The third kappa shape index (κ3) is 5.63. The van der Waals surface area contributed by atoms with E-state index in [-0.39, 0.29) is 24.7 Å². The molecule has 0 aliphatic heterocycles. The van der Waals surface area contributed by atoms with Crippen LogP contribution in [0.3, 0.4) is 0 Å². The predicted octanol–water partition coefficient (Wildman–Crippen LogP) is 4.61. The Balaban J connectivity index is 2.11. The van der Waals surface area contributed by atoms with E-state index in [2.05, 4.69) is 11.1 Å². The first-order chi connectivity index (χ1) is 12.4. The fraction of sp³-hybridized carbons (Fsp3) is 0.619. The molecule has 2 rings (SSSR count). The highest BCUT2D eigenvalue weighted by atomic mass is 19.1. The van der Waals surface area contributed by atoms with Gasteiger partial charge in [-0.25, -0.2) is 9.37 Å². The molecule has 144 valence electrons. The van der Waals surface area contributed by atoms with Crippen LogP contribution in [0.2, 0.25) is 0 Å². The Morgan fingerprint density at radius 2 is 2.19 bits per heavy atom. The summed E-state index contributed by atoms with van der Waals surface area (Å²) in [7, 11) is 1.57. The second-order valence-electron chi connectivity index (χ2n) is 7.51. The molecule has 0 spiro atoms. The number of aliphatic hydroxyl groups excluding tert-OH is 1. The van der Waals surface area contributed by atoms with Crippen LogP contribution in [0.5, 0.6) is 5.75 Å². The molecule has 1 aromatic rings. The molecule has 0 radical (unpaired) electrons. The van der Waals surface area contributed by atoms with Gasteiger partial charge in [-0.1, -0.05) is 25.5 Å². The summed E-state index contributed by atoms with van der Waals surface area (Å²) in [6.45, 7) is 3.63. The number of aromatic nitrogens is 1. The Morgan fingerprint density at radius 3 is 2.77 bits per heavy atom. The van der Waals surface area contributed by atoms with Crippen LogP contribution in [0.4, 0.5) is 4.39 Å². The second kappa shape index (κ2) is 9.26. The average molecular weight is 363 g/mol. The minimum atomic E-state index is -1.04. The van der Waals surface area contributed by atoms with Crippen molar-refractivity contribution in [3.8, 4) is 5.75 Å². The molecule has 5 heteroatoms. The normalized spacial score (nSPS) is 24.6. The number of allylic oxidation sites excluding steroid dienone is 1. The molecule has 4 nitrogen and oxygen atoms in total. The number of methoxy groups -OCH3 is 1. The van der Waals surface area contributed by atoms with E-state index in [0.717, 1.165) is 24.8 Å². The smallest absolute Gasteiger partial charge is 0.181 e. The predicted molar refractivity (Wildman–Crippen MR) is 101 cm³/mol. The molecule has 0 saturated heterocycles. The van der Waals surface area contributed by atoms with Gasteiger partial charge in [-0.3, -0.25) is 4.79 Å². The van der Waals surface area contributed by atoms with Crippen LogP contribution in [0.15, 0.2) is 18.3 Å². The Morgan fingerprint density at radius 1 is 1.50 bits per heavy atom. The van der Waals surface area contributed by atoms with Gasteiger partial charge in [-0.2, -0.15) is 0 Å². The Hall–Kier alpha value is -1.75. The van der Waals surface area contributed by atoms with E-state index >= 15 is 0 Å². The number of hydrogen-bond acceptors (Lipinski definition) is 4. The van der Waals surface area contributed by atoms with Crippen LogP contribution in [-0.4, -0.2) is 35.3 Å². The van der Waals surface area contributed by atoms with Crippen molar-refractivity contribution >= 4 is 11.9 Å². The highest BCUT2D eigenvalue weighted by molar-refractivity contribution is 5.95. The van der Waals surface area contributed by atoms with Crippen LogP contribution >= 0.6 is 0 Å². The number of aliphatic hydroxyl groups is 1. The zero-order valence-corrected chi connectivity index (χ0v) is 16.0. The molecule has 1 aromatic heterocycles. The van der Waals surface area contributed by atoms with E-state index < -0.39 is 5.67 Å². The van der Waals surface area contributed by atoms with Crippen molar-refractivity contribution in [2.24, 2.45) is 11.8 Å². The third-order valence-corrected chi connectivity index (χ3v) is 5.33. The van der Waals surface area contributed by atoms with Crippen LogP contribution in [-0.2, 0) is 0 Å². The van der Waals surface area contributed by atoms with Gasteiger partial charge < -0.3 is 9.84 Å². The van der Waals surface area contributed by atoms with Crippen molar-refractivity contribution < 1.29 is 19.0 Å². The van der Waals surface area contributed by atoms with Gasteiger partial charge in [0.2, 0.25) is 0 Å². The summed E-state index contributed by atoms with van der Waals surface area (Å²) in [6, 6.07) is 1.74. The molecule has 1 fully saturated rings. The first kappa shape index (κ1) is 20.6. The summed E-state index contributed by atoms with van der Waals surface area (Å²) in [5.74, 6) is 0.838. The number of carbonyl (C=O) groups excluding carboxylic acids is 1. The summed E-state index contributed by atoms with van der Waals surface area (Å²) in [6.07, 6.45) is 9.46. The Bertz CT molecular complexity index is 628. The fourth-order valence-electron chi connectivity index (χ4n) is 3.29. The van der Waals surface area contributed by atoms with E-state index in [1.807, 2.05) is 13.0 Å². The van der Waals surface area contributed by atoms with Crippen molar-refractivity contribution in [1.29, 1.82) is 0 Å². The van der Waals surface area contributed by atoms with Gasteiger partial charge in [0.05, 0.1) is 13.3 Å². The zero-order chi connectivity index (χ0) is 19.2. The van der Waals surface area contributed by atoms with Gasteiger partial charge in [0.25, 0.3) is 0 Å². The molecule has 1 heterocycles. The maximum Gasteiger partial charge on any atom is 0.181 e. The van der Waals surface area contributed by atoms with E-state index in [1.54, 1.807) is 26.3 Å². The quantitative estimate of drug-likeness (QED) is 0.685. The summed E-state index contributed by atoms with van der Waals surface area (Å²) in [5, 5.41) is 9.29. The van der Waals surface area contributed by atoms with Gasteiger partial charge in [0, 0.05) is 18.6 Å². The number of halogens is 1. The minimum absolute atomic E-state index is 0.000323. The number of carbonyl (C=O) groups is 1. The van der Waals surface area contributed by atoms with E-state index in [0.29, 0.717) is 30.2 Å². The SMILES string of the molecule is CCC(CO)CC(=O)c1cc(/C=C/C2CCC(C)(F)CC2)c(OC)cn1. The number of rotatable bonds is 8. The molecule has 26 heavy (non-hydrogen) atoms. The Labute approximate surface area is 155 Å². The van der Waals surface area contributed by atoms with Crippen LogP contribution in [0, 0.1) is 11.8 Å². The zero-order valence-electron chi connectivity index (χ0n) is 16.0. The van der Waals surface area contributed by atoms with Crippen LogP contribution < -0.4 is 4.74 Å². The number of ketones is 1. The monoisotopic (exact) mass is 363 g/mol. The lowest BCUT2D eigenvalue weighted by atomic mass is 9.81. The summed E-state index contributed by atoms with van der Waals surface area (Å²) in [5.41, 5.74) is 0.148. The maximum atomic E-state index is 13.9. The van der Waals surface area contributed by atoms with Crippen LogP contribution in [0.1, 0.15) is 68.4 Å². The molecule has 1 saturated carbocycles. The summed E-state index contributed by atoms with van der Waals surface area (Å²) >= 11 is 0. The molecule has 1 aliphatic carbocycles. The first-order valence-electron chi connectivity index (χ1n) is 9.43. The lowest BCUT2D eigenvalue weighted by Gasteiger charge is -2.29. The highest BCUT2D eigenvalue weighted by Crippen LogP contribution is 2.35. The number of Topliss-reactive ketones (excluding diaryl/α,β-unsaturated/α-hetero) is 1. The highest BCUT2D eigenvalue weighted by Gasteiger charge is 2.29. The number of nitrogens with zero attached hydrogens (tertiary/aromatic N) is 1. The van der Waals surface area contributed by atoms with Crippen molar-refractivity contribution in [3.05, 3.63) is 29.6 Å². The van der Waals surface area contributed by atoms with E-state index in [1.165, 1.54) is 0 Å². The first-order valence-corrected chi connectivity index (χ1v) is 9.43. The van der Waals surface area contributed by atoms with E-state index in [9.17, 15) is 14.3 Å². The van der Waals surface area contributed by atoms with Crippen molar-refractivity contribution in [3.63, 3.8) is 0 Å². The number of pyridine rings is 1. The molecule has 0 bridgehead atoms. The van der Waals surface area contributed by atoms with Gasteiger partial charge in [0.1, 0.15) is 17.1 Å². The van der Waals surface area contributed by atoms with Gasteiger partial charge in [-0.05, 0) is 50.5 Å². The number of hydrogen-bond donors (Lipinski definition) is 1. The second-order valence-corrected chi connectivity index (χ2v) is 7.51. The van der Waals surface area contributed by atoms with Crippen molar-refractivity contribution in [2.75, 3.05) is 13.7 Å². The molecule has 1 N–H and O–H groups in total. The lowest BCUT2D eigenvalue weighted by Crippen LogP contribution is -2.25. The summed E-state index contributed by atoms with van der Waals surface area (Å²) in [4.78, 5) is 16.6. The van der Waals surface area contributed by atoms with Crippen molar-refractivity contribution in [1.82, 2.24) is 4.98 Å². The van der Waals surface area contributed by atoms with Gasteiger partial charge >= 0.3 is 0 Å². The van der Waals surface area contributed by atoms with E-state index in [4.69, 9.17) is 4.74 Å². The fourth-order valence-corrected chi connectivity index (χ4v) is 3.29. The average Bonchev–Trinajstić information content (AvgIpc) is 2.64. The third-order valence-electron chi connectivity index (χ3n) is 5.33. The Kier molecular flexibility index (Phi) is 7.33. The molecular weight excluding hydrogens is 333 g/mol. The molecule has 1 atom stereocenters.